The van der Waals surface area contributed by atoms with Crippen LogP contribution in [-0.4, -0.2) is 59.8 Å². The summed E-state index contributed by atoms with van der Waals surface area (Å²) in [5.41, 5.74) is 0.582. The van der Waals surface area contributed by atoms with E-state index in [-0.39, 0.29) is 24.2 Å². The van der Waals surface area contributed by atoms with E-state index >= 15 is 0 Å². The summed E-state index contributed by atoms with van der Waals surface area (Å²) in [5, 5.41) is 0. The maximum Gasteiger partial charge on any atom is 0.250 e. The Kier molecular flexibility index (Phi) is 5.89. The second kappa shape index (κ2) is 7.90. The molecule has 0 spiro atoms. The van der Waals surface area contributed by atoms with Gasteiger partial charge in [-0.2, -0.15) is 0 Å². The quantitative estimate of drug-likeness (QED) is 0.796. The van der Waals surface area contributed by atoms with Crippen LogP contribution >= 0.6 is 0 Å². The highest BCUT2D eigenvalue weighted by Crippen LogP contribution is 2.11. The predicted octanol–water partition coefficient (Wildman–Crippen LogP) is -0.0336. The van der Waals surface area contributed by atoms with Gasteiger partial charge in [0.05, 0.1) is 19.0 Å². The van der Waals surface area contributed by atoms with Crippen LogP contribution in [0.5, 0.6) is 0 Å². The highest BCUT2D eigenvalue weighted by molar-refractivity contribution is 5.77. The van der Waals surface area contributed by atoms with Gasteiger partial charge in [-0.25, -0.2) is 4.98 Å². The number of rotatable bonds is 6. The molecule has 0 aromatic carbocycles. The molecule has 0 bridgehead atoms. The minimum atomic E-state index is -0.155. The van der Waals surface area contributed by atoms with Crippen LogP contribution in [0.4, 0.5) is 0 Å². The molecule has 2 heterocycles. The fourth-order valence-electron chi connectivity index (χ4n) is 2.26. The number of aromatic amines is 1. The van der Waals surface area contributed by atoms with Gasteiger partial charge in [0.2, 0.25) is 5.91 Å². The Morgan fingerprint density at radius 1 is 1.62 bits per heavy atom. The SMILES string of the molecule is CCOCC(=O)N1CCO[C@@H](CCc2cc(=O)[nH]cn2)C1. The van der Waals surface area contributed by atoms with Crippen LogP contribution in [-0.2, 0) is 20.7 Å². The number of morpholine rings is 1. The van der Waals surface area contributed by atoms with E-state index in [1.165, 1.54) is 12.4 Å². The summed E-state index contributed by atoms with van der Waals surface area (Å²) in [5.74, 6) is -0.000527. The molecule has 1 atom stereocenters. The topological polar surface area (TPSA) is 84.5 Å². The average molecular weight is 295 g/mol. The Labute approximate surface area is 123 Å². The van der Waals surface area contributed by atoms with Gasteiger partial charge in [0.25, 0.3) is 5.56 Å². The fourth-order valence-corrected chi connectivity index (χ4v) is 2.26. The maximum atomic E-state index is 11.9. The highest BCUT2D eigenvalue weighted by atomic mass is 16.5. The molecule has 1 aromatic rings. The summed E-state index contributed by atoms with van der Waals surface area (Å²) in [6.45, 7) is 4.22. The van der Waals surface area contributed by atoms with Crippen LogP contribution in [0.25, 0.3) is 0 Å². The number of aryl methyl sites for hydroxylation is 1. The van der Waals surface area contributed by atoms with Gasteiger partial charge in [0.15, 0.2) is 0 Å². The number of carbonyl (C=O) groups excluding carboxylic acids is 1. The predicted molar refractivity (Wildman–Crippen MR) is 76.0 cm³/mol. The standard InChI is InChI=1S/C14H21N3O4/c1-2-20-9-14(19)17-5-6-21-12(8-17)4-3-11-7-13(18)16-10-15-11/h7,10,12H,2-6,8-9H2,1H3,(H,15,16,18)/t12-/m0/s1. The lowest BCUT2D eigenvalue weighted by molar-refractivity contribution is -0.143. The first-order valence-corrected chi connectivity index (χ1v) is 7.19. The zero-order valence-electron chi connectivity index (χ0n) is 12.2. The van der Waals surface area contributed by atoms with Crippen LogP contribution in [0.15, 0.2) is 17.2 Å². The van der Waals surface area contributed by atoms with Gasteiger partial charge in [-0.05, 0) is 19.8 Å². The lowest BCUT2D eigenvalue weighted by Gasteiger charge is -2.33. The lowest BCUT2D eigenvalue weighted by Crippen LogP contribution is -2.47. The van der Waals surface area contributed by atoms with Gasteiger partial charge < -0.3 is 19.4 Å². The molecular formula is C14H21N3O4. The summed E-state index contributed by atoms with van der Waals surface area (Å²) in [6, 6.07) is 1.49. The number of hydrogen-bond donors (Lipinski definition) is 1. The van der Waals surface area contributed by atoms with Gasteiger partial charge in [-0.1, -0.05) is 0 Å². The maximum absolute atomic E-state index is 11.9. The molecule has 7 nitrogen and oxygen atoms in total. The van der Waals surface area contributed by atoms with Crippen molar-refractivity contribution in [2.75, 3.05) is 32.9 Å². The Balaban J connectivity index is 1.81. The third-order valence-corrected chi connectivity index (χ3v) is 3.38. The van der Waals surface area contributed by atoms with Crippen LogP contribution in [0.2, 0.25) is 0 Å². The normalized spacial score (nSPS) is 18.7. The van der Waals surface area contributed by atoms with E-state index in [0.717, 1.165) is 12.1 Å². The van der Waals surface area contributed by atoms with Crippen molar-refractivity contribution in [3.63, 3.8) is 0 Å². The number of ether oxygens (including phenoxy) is 2. The first kappa shape index (κ1) is 15.7. The number of H-pyrrole nitrogens is 1. The molecule has 1 fully saturated rings. The number of nitrogens with zero attached hydrogens (tertiary/aromatic N) is 2. The van der Waals surface area contributed by atoms with E-state index in [1.807, 2.05) is 6.92 Å². The first-order valence-electron chi connectivity index (χ1n) is 7.19. The molecule has 1 saturated heterocycles. The molecule has 1 N–H and O–H groups in total. The Morgan fingerprint density at radius 3 is 3.24 bits per heavy atom. The van der Waals surface area contributed by atoms with Crippen molar-refractivity contribution in [2.45, 2.75) is 25.9 Å². The molecule has 1 amide bonds. The Hall–Kier alpha value is -1.73. The van der Waals surface area contributed by atoms with Gasteiger partial charge in [0.1, 0.15) is 6.61 Å². The molecule has 0 aliphatic carbocycles. The summed E-state index contributed by atoms with van der Waals surface area (Å²) >= 11 is 0. The van der Waals surface area contributed by atoms with Crippen molar-refractivity contribution >= 4 is 5.91 Å². The minimum Gasteiger partial charge on any atom is -0.375 e. The Morgan fingerprint density at radius 2 is 2.48 bits per heavy atom. The minimum absolute atomic E-state index is 0.000527. The molecule has 2 rings (SSSR count). The summed E-state index contributed by atoms with van der Waals surface area (Å²) in [4.78, 5) is 31.5. The summed E-state index contributed by atoms with van der Waals surface area (Å²) in [7, 11) is 0. The molecule has 0 saturated carbocycles. The summed E-state index contributed by atoms with van der Waals surface area (Å²) < 4.78 is 10.8. The van der Waals surface area contributed by atoms with E-state index in [2.05, 4.69) is 9.97 Å². The number of carbonyl (C=O) groups is 1. The van der Waals surface area contributed by atoms with Gasteiger partial charge in [0, 0.05) is 31.5 Å². The van der Waals surface area contributed by atoms with E-state index in [0.29, 0.717) is 32.7 Å². The fraction of sp³-hybridized carbons (Fsp3) is 0.643. The molecule has 0 unspecified atom stereocenters. The molecule has 116 valence electrons. The van der Waals surface area contributed by atoms with E-state index in [1.54, 1.807) is 4.90 Å². The molecule has 21 heavy (non-hydrogen) atoms. The number of aromatic nitrogens is 2. The van der Waals surface area contributed by atoms with Crippen molar-refractivity contribution in [3.05, 3.63) is 28.4 Å². The first-order chi connectivity index (χ1) is 10.2. The third-order valence-electron chi connectivity index (χ3n) is 3.38. The molecule has 1 aromatic heterocycles. The molecule has 1 aliphatic rings. The van der Waals surface area contributed by atoms with Crippen molar-refractivity contribution in [1.82, 2.24) is 14.9 Å². The molecular weight excluding hydrogens is 274 g/mol. The third kappa shape index (κ3) is 4.95. The summed E-state index contributed by atoms with van der Waals surface area (Å²) in [6.07, 6.45) is 2.76. The van der Waals surface area contributed by atoms with Crippen molar-refractivity contribution < 1.29 is 14.3 Å². The monoisotopic (exact) mass is 295 g/mol. The van der Waals surface area contributed by atoms with E-state index in [9.17, 15) is 9.59 Å². The highest BCUT2D eigenvalue weighted by Gasteiger charge is 2.24. The van der Waals surface area contributed by atoms with Gasteiger partial charge in [-0.15, -0.1) is 0 Å². The van der Waals surface area contributed by atoms with Crippen LogP contribution in [0.1, 0.15) is 19.0 Å². The van der Waals surface area contributed by atoms with Crippen LogP contribution in [0.3, 0.4) is 0 Å². The molecule has 0 radical (unpaired) electrons. The zero-order chi connectivity index (χ0) is 15.1. The molecule has 1 aliphatic heterocycles. The van der Waals surface area contributed by atoms with Crippen LogP contribution < -0.4 is 5.56 Å². The largest absolute Gasteiger partial charge is 0.375 e. The van der Waals surface area contributed by atoms with E-state index < -0.39 is 0 Å². The van der Waals surface area contributed by atoms with E-state index in [4.69, 9.17) is 9.47 Å². The lowest BCUT2D eigenvalue weighted by atomic mass is 10.1. The van der Waals surface area contributed by atoms with Gasteiger partial charge in [-0.3, -0.25) is 9.59 Å². The number of nitrogens with one attached hydrogen (secondary N) is 1. The number of amides is 1. The molecule has 7 heteroatoms. The van der Waals surface area contributed by atoms with Gasteiger partial charge >= 0.3 is 0 Å². The van der Waals surface area contributed by atoms with Crippen molar-refractivity contribution in [2.24, 2.45) is 0 Å². The average Bonchev–Trinajstić information content (AvgIpc) is 2.51. The Bertz CT molecular complexity index is 517. The zero-order valence-corrected chi connectivity index (χ0v) is 12.2. The second-order valence-corrected chi connectivity index (χ2v) is 4.91. The van der Waals surface area contributed by atoms with Crippen molar-refractivity contribution in [3.8, 4) is 0 Å². The smallest absolute Gasteiger partial charge is 0.250 e. The second-order valence-electron chi connectivity index (χ2n) is 4.91. The number of hydrogen-bond acceptors (Lipinski definition) is 5. The van der Waals surface area contributed by atoms with Crippen LogP contribution in [0, 0.1) is 0 Å². The van der Waals surface area contributed by atoms with Crippen molar-refractivity contribution in [1.29, 1.82) is 0 Å².